The molecule has 2 unspecified atom stereocenters. The first-order chi connectivity index (χ1) is 11.9. The number of ether oxygens (including phenoxy) is 1. The van der Waals surface area contributed by atoms with Gasteiger partial charge in [0.1, 0.15) is 6.04 Å². The number of methoxy groups -OCH3 is 1. The predicted molar refractivity (Wildman–Crippen MR) is 92.2 cm³/mol. The second-order valence-electron chi connectivity index (χ2n) is 7.10. The molecular weight excluding hydrogens is 320 g/mol. The molecule has 2 aliphatic heterocycles. The van der Waals surface area contributed by atoms with Crippen LogP contribution in [-0.4, -0.2) is 59.9 Å². The third-order valence-corrected chi connectivity index (χ3v) is 4.91. The highest BCUT2D eigenvalue weighted by Crippen LogP contribution is 2.28. The Morgan fingerprint density at radius 3 is 2.28 bits per heavy atom. The Hall–Kier alpha value is -2.21. The standard InChI is InChI=1S/C19H24N2O4/c1-12(2)10-16(19(24)20-9-8-13(11-20)25-3)21-17(22)14-6-4-5-7-15(14)18(21)23/h4-7,12-13,16H,8-11H2,1-3H3. The second-order valence-corrected chi connectivity index (χ2v) is 7.10. The summed E-state index contributed by atoms with van der Waals surface area (Å²) in [5.41, 5.74) is 0.760. The Bertz CT molecular complexity index is 665. The zero-order chi connectivity index (χ0) is 18.1. The molecule has 0 spiro atoms. The lowest BCUT2D eigenvalue weighted by molar-refractivity contribution is -0.135. The Kier molecular flexibility index (Phi) is 4.90. The van der Waals surface area contributed by atoms with E-state index in [0.29, 0.717) is 30.6 Å². The van der Waals surface area contributed by atoms with Gasteiger partial charge in [0.2, 0.25) is 5.91 Å². The van der Waals surface area contributed by atoms with Crippen molar-refractivity contribution in [2.75, 3.05) is 20.2 Å². The third kappa shape index (κ3) is 3.18. The topological polar surface area (TPSA) is 66.9 Å². The van der Waals surface area contributed by atoms with Crippen molar-refractivity contribution in [3.8, 4) is 0 Å². The van der Waals surface area contributed by atoms with Crippen LogP contribution in [0.25, 0.3) is 0 Å². The molecule has 2 atom stereocenters. The van der Waals surface area contributed by atoms with E-state index in [1.54, 1.807) is 36.3 Å². The van der Waals surface area contributed by atoms with Gasteiger partial charge in [0, 0.05) is 20.2 Å². The first-order valence-corrected chi connectivity index (χ1v) is 8.72. The SMILES string of the molecule is COC1CCN(C(=O)C(CC(C)C)N2C(=O)c3ccccc3C2=O)C1. The van der Waals surface area contributed by atoms with Crippen molar-refractivity contribution in [3.05, 3.63) is 35.4 Å². The Labute approximate surface area is 147 Å². The molecule has 134 valence electrons. The Morgan fingerprint density at radius 2 is 1.80 bits per heavy atom. The monoisotopic (exact) mass is 344 g/mol. The molecule has 0 aromatic heterocycles. The fourth-order valence-electron chi connectivity index (χ4n) is 3.59. The van der Waals surface area contributed by atoms with Gasteiger partial charge in [0.15, 0.2) is 0 Å². The molecule has 1 saturated heterocycles. The van der Waals surface area contributed by atoms with Gasteiger partial charge in [-0.3, -0.25) is 19.3 Å². The molecule has 1 aromatic carbocycles. The van der Waals surface area contributed by atoms with E-state index in [-0.39, 0.29) is 29.7 Å². The maximum Gasteiger partial charge on any atom is 0.262 e. The highest BCUT2D eigenvalue weighted by atomic mass is 16.5. The lowest BCUT2D eigenvalue weighted by Gasteiger charge is -2.30. The number of carbonyl (C=O) groups excluding carboxylic acids is 3. The maximum absolute atomic E-state index is 13.1. The van der Waals surface area contributed by atoms with Crippen LogP contribution in [0.3, 0.4) is 0 Å². The van der Waals surface area contributed by atoms with E-state index < -0.39 is 6.04 Å². The number of imide groups is 1. The molecule has 6 nitrogen and oxygen atoms in total. The summed E-state index contributed by atoms with van der Waals surface area (Å²) in [7, 11) is 1.63. The summed E-state index contributed by atoms with van der Waals surface area (Å²) in [6.45, 7) is 5.07. The number of carbonyl (C=O) groups is 3. The number of nitrogens with zero attached hydrogens (tertiary/aromatic N) is 2. The lowest BCUT2D eigenvalue weighted by atomic mass is 10.0. The van der Waals surface area contributed by atoms with Gasteiger partial charge in [-0.2, -0.15) is 0 Å². The minimum atomic E-state index is -0.761. The molecule has 0 saturated carbocycles. The summed E-state index contributed by atoms with van der Waals surface area (Å²) in [6, 6.07) is 5.99. The highest BCUT2D eigenvalue weighted by Gasteiger charge is 2.44. The van der Waals surface area contributed by atoms with Crippen molar-refractivity contribution in [2.45, 2.75) is 38.8 Å². The van der Waals surface area contributed by atoms with Crippen molar-refractivity contribution < 1.29 is 19.1 Å². The molecule has 0 radical (unpaired) electrons. The molecule has 0 N–H and O–H groups in total. The molecule has 0 bridgehead atoms. The molecule has 2 aliphatic rings. The minimum Gasteiger partial charge on any atom is -0.380 e. The van der Waals surface area contributed by atoms with E-state index >= 15 is 0 Å². The molecular formula is C19H24N2O4. The van der Waals surface area contributed by atoms with Gasteiger partial charge in [-0.05, 0) is 30.9 Å². The van der Waals surface area contributed by atoms with Gasteiger partial charge in [-0.15, -0.1) is 0 Å². The summed E-state index contributed by atoms with van der Waals surface area (Å²) in [4.78, 5) is 41.5. The van der Waals surface area contributed by atoms with E-state index in [0.717, 1.165) is 11.3 Å². The summed E-state index contributed by atoms with van der Waals surface area (Å²) in [5, 5.41) is 0. The normalized spacial score (nSPS) is 21.2. The van der Waals surface area contributed by atoms with Crippen LogP contribution in [0, 0.1) is 5.92 Å². The molecule has 6 heteroatoms. The first-order valence-electron chi connectivity index (χ1n) is 8.72. The zero-order valence-electron chi connectivity index (χ0n) is 14.9. The fourth-order valence-corrected chi connectivity index (χ4v) is 3.59. The molecule has 25 heavy (non-hydrogen) atoms. The van der Waals surface area contributed by atoms with E-state index in [1.807, 2.05) is 13.8 Å². The van der Waals surface area contributed by atoms with Crippen molar-refractivity contribution in [3.63, 3.8) is 0 Å². The molecule has 0 aliphatic carbocycles. The van der Waals surface area contributed by atoms with Gasteiger partial charge in [0.25, 0.3) is 11.8 Å². The number of hydrogen-bond acceptors (Lipinski definition) is 4. The first kappa shape index (κ1) is 17.6. The van der Waals surface area contributed by atoms with Crippen LogP contribution < -0.4 is 0 Å². The molecule has 2 heterocycles. The second kappa shape index (κ2) is 6.96. The lowest BCUT2D eigenvalue weighted by Crippen LogP contribution is -2.51. The van der Waals surface area contributed by atoms with Crippen molar-refractivity contribution >= 4 is 17.7 Å². The average molecular weight is 344 g/mol. The summed E-state index contributed by atoms with van der Waals surface area (Å²) >= 11 is 0. The zero-order valence-corrected chi connectivity index (χ0v) is 14.9. The number of amides is 3. The van der Waals surface area contributed by atoms with Gasteiger partial charge in [-0.25, -0.2) is 0 Å². The van der Waals surface area contributed by atoms with Crippen LogP contribution >= 0.6 is 0 Å². The van der Waals surface area contributed by atoms with Crippen molar-refractivity contribution in [1.29, 1.82) is 0 Å². The van der Waals surface area contributed by atoms with E-state index in [2.05, 4.69) is 0 Å². The average Bonchev–Trinajstić information content (AvgIpc) is 3.17. The van der Waals surface area contributed by atoms with Crippen LogP contribution in [-0.2, 0) is 9.53 Å². The Morgan fingerprint density at radius 1 is 1.20 bits per heavy atom. The van der Waals surface area contributed by atoms with E-state index in [9.17, 15) is 14.4 Å². The van der Waals surface area contributed by atoms with Crippen molar-refractivity contribution in [1.82, 2.24) is 9.80 Å². The molecule has 3 rings (SSSR count). The number of rotatable bonds is 5. The van der Waals surface area contributed by atoms with Gasteiger partial charge < -0.3 is 9.64 Å². The predicted octanol–water partition coefficient (Wildman–Crippen LogP) is 1.94. The quantitative estimate of drug-likeness (QED) is 0.766. The third-order valence-electron chi connectivity index (χ3n) is 4.91. The highest BCUT2D eigenvalue weighted by molar-refractivity contribution is 6.22. The molecule has 1 fully saturated rings. The van der Waals surface area contributed by atoms with Gasteiger partial charge in [-0.1, -0.05) is 26.0 Å². The number of benzene rings is 1. The van der Waals surface area contributed by atoms with Crippen molar-refractivity contribution in [2.24, 2.45) is 5.92 Å². The number of likely N-dealkylation sites (tertiary alicyclic amines) is 1. The summed E-state index contributed by atoms with van der Waals surface area (Å²) < 4.78 is 5.33. The van der Waals surface area contributed by atoms with Gasteiger partial charge in [0.05, 0.1) is 17.2 Å². The summed E-state index contributed by atoms with van der Waals surface area (Å²) in [5.74, 6) is -0.731. The fraction of sp³-hybridized carbons (Fsp3) is 0.526. The number of hydrogen-bond donors (Lipinski definition) is 0. The van der Waals surface area contributed by atoms with Crippen LogP contribution in [0.1, 0.15) is 47.4 Å². The summed E-state index contributed by atoms with van der Waals surface area (Å²) in [6.07, 6.45) is 1.25. The minimum absolute atomic E-state index is 0.0193. The maximum atomic E-state index is 13.1. The van der Waals surface area contributed by atoms with Crippen LogP contribution in [0.15, 0.2) is 24.3 Å². The van der Waals surface area contributed by atoms with Crippen LogP contribution in [0.4, 0.5) is 0 Å². The van der Waals surface area contributed by atoms with Crippen LogP contribution in [0.5, 0.6) is 0 Å². The molecule has 1 aromatic rings. The number of fused-ring (bicyclic) bond motifs is 1. The Balaban J connectivity index is 1.88. The van der Waals surface area contributed by atoms with Gasteiger partial charge >= 0.3 is 0 Å². The smallest absolute Gasteiger partial charge is 0.262 e. The molecule has 3 amide bonds. The van der Waals surface area contributed by atoms with E-state index in [1.165, 1.54) is 0 Å². The van der Waals surface area contributed by atoms with Crippen LogP contribution in [0.2, 0.25) is 0 Å². The van der Waals surface area contributed by atoms with E-state index in [4.69, 9.17) is 4.74 Å². The largest absolute Gasteiger partial charge is 0.380 e.